The fraction of sp³-hybridized carbons (Fsp3) is 0.417. The van der Waals surface area contributed by atoms with E-state index in [1.54, 1.807) is 31.2 Å². The van der Waals surface area contributed by atoms with E-state index in [2.05, 4.69) is 5.32 Å². The third-order valence-corrected chi connectivity index (χ3v) is 2.23. The lowest BCUT2D eigenvalue weighted by molar-refractivity contribution is -0.129. The Morgan fingerprint density at radius 3 is 2.50 bits per heavy atom. The minimum Gasteiger partial charge on any atom is -0.393 e. The van der Waals surface area contributed by atoms with Gasteiger partial charge < -0.3 is 15.5 Å². The molecule has 0 aromatic heterocycles. The molecule has 1 aromatic carbocycles. The summed E-state index contributed by atoms with van der Waals surface area (Å²) in [6.45, 7) is 2.01. The minimum absolute atomic E-state index is 0.362. The summed E-state index contributed by atoms with van der Waals surface area (Å²) < 4.78 is 0. The van der Waals surface area contributed by atoms with Gasteiger partial charge in [0.15, 0.2) is 6.10 Å². The summed E-state index contributed by atoms with van der Waals surface area (Å²) in [5.41, 5.74) is 0.567. The largest absolute Gasteiger partial charge is 0.393 e. The van der Waals surface area contributed by atoms with Crippen molar-refractivity contribution in [3.8, 4) is 0 Å². The molecule has 0 fully saturated rings. The van der Waals surface area contributed by atoms with Crippen LogP contribution in [0.5, 0.6) is 0 Å². The van der Waals surface area contributed by atoms with Crippen molar-refractivity contribution in [2.75, 3.05) is 6.54 Å². The van der Waals surface area contributed by atoms with E-state index < -0.39 is 18.1 Å². The van der Waals surface area contributed by atoms with Gasteiger partial charge in [-0.3, -0.25) is 4.79 Å². The van der Waals surface area contributed by atoms with Crippen LogP contribution in [0.1, 0.15) is 25.0 Å². The molecule has 16 heavy (non-hydrogen) atoms. The van der Waals surface area contributed by atoms with Crippen molar-refractivity contribution in [2.24, 2.45) is 0 Å². The van der Waals surface area contributed by atoms with E-state index in [1.165, 1.54) is 0 Å². The highest BCUT2D eigenvalue weighted by Gasteiger charge is 2.16. The second kappa shape index (κ2) is 6.25. The SMILES string of the molecule is CC(O)CCNC(=O)C(O)c1ccccc1. The molecule has 0 spiro atoms. The predicted octanol–water partition coefficient (Wildman–Crippen LogP) is 0.607. The molecule has 88 valence electrons. The average molecular weight is 223 g/mol. The molecule has 4 nitrogen and oxygen atoms in total. The van der Waals surface area contributed by atoms with Crippen molar-refractivity contribution in [2.45, 2.75) is 25.6 Å². The predicted molar refractivity (Wildman–Crippen MR) is 60.7 cm³/mol. The Kier molecular flexibility index (Phi) is 4.95. The summed E-state index contributed by atoms with van der Waals surface area (Å²) in [4.78, 5) is 11.5. The number of carbonyl (C=O) groups excluding carboxylic acids is 1. The zero-order valence-electron chi connectivity index (χ0n) is 9.26. The van der Waals surface area contributed by atoms with E-state index in [-0.39, 0.29) is 0 Å². The number of hydrogen-bond donors (Lipinski definition) is 3. The molecule has 2 atom stereocenters. The van der Waals surface area contributed by atoms with Gasteiger partial charge >= 0.3 is 0 Å². The molecule has 0 saturated heterocycles. The molecule has 0 aliphatic heterocycles. The van der Waals surface area contributed by atoms with Gasteiger partial charge in [-0.1, -0.05) is 30.3 Å². The first-order chi connectivity index (χ1) is 7.61. The number of benzene rings is 1. The summed E-state index contributed by atoms with van der Waals surface area (Å²) in [6.07, 6.45) is -1.11. The van der Waals surface area contributed by atoms with Crippen molar-refractivity contribution >= 4 is 5.91 Å². The molecule has 0 aliphatic carbocycles. The van der Waals surface area contributed by atoms with Gasteiger partial charge in [-0.05, 0) is 18.9 Å². The maximum Gasteiger partial charge on any atom is 0.253 e. The molecular weight excluding hydrogens is 206 g/mol. The van der Waals surface area contributed by atoms with Crippen molar-refractivity contribution in [3.05, 3.63) is 35.9 Å². The van der Waals surface area contributed by atoms with Crippen LogP contribution in [0.4, 0.5) is 0 Å². The molecule has 1 aromatic rings. The van der Waals surface area contributed by atoms with Gasteiger partial charge in [0, 0.05) is 6.54 Å². The standard InChI is InChI=1S/C12H17NO3/c1-9(14)7-8-13-12(16)11(15)10-5-3-2-4-6-10/h2-6,9,11,14-15H,7-8H2,1H3,(H,13,16). The topological polar surface area (TPSA) is 69.6 Å². The van der Waals surface area contributed by atoms with Gasteiger partial charge in [-0.15, -0.1) is 0 Å². The van der Waals surface area contributed by atoms with Crippen LogP contribution in [-0.2, 0) is 4.79 Å². The van der Waals surface area contributed by atoms with Crippen LogP contribution < -0.4 is 5.32 Å². The average Bonchev–Trinajstić information content (AvgIpc) is 2.28. The Balaban J connectivity index is 2.43. The number of aliphatic hydroxyl groups is 2. The molecule has 0 heterocycles. The Bertz CT molecular complexity index is 324. The summed E-state index contributed by atoms with van der Waals surface area (Å²) in [7, 11) is 0. The molecule has 0 saturated carbocycles. The number of amides is 1. The fourth-order valence-corrected chi connectivity index (χ4v) is 1.29. The molecular formula is C12H17NO3. The van der Waals surface area contributed by atoms with Gasteiger partial charge in [-0.2, -0.15) is 0 Å². The van der Waals surface area contributed by atoms with Gasteiger partial charge in [0.25, 0.3) is 5.91 Å². The van der Waals surface area contributed by atoms with Gasteiger partial charge in [0.1, 0.15) is 0 Å². The Morgan fingerprint density at radius 1 is 1.31 bits per heavy atom. The van der Waals surface area contributed by atoms with Crippen LogP contribution in [-0.4, -0.2) is 28.8 Å². The third kappa shape index (κ3) is 4.00. The van der Waals surface area contributed by atoms with Crippen LogP contribution in [0, 0.1) is 0 Å². The summed E-state index contributed by atoms with van der Waals surface area (Å²) in [5, 5.41) is 21.3. The summed E-state index contributed by atoms with van der Waals surface area (Å²) >= 11 is 0. The van der Waals surface area contributed by atoms with Crippen molar-refractivity contribution in [1.29, 1.82) is 0 Å². The minimum atomic E-state index is -1.14. The second-order valence-electron chi connectivity index (χ2n) is 3.74. The highest BCUT2D eigenvalue weighted by Crippen LogP contribution is 2.11. The van der Waals surface area contributed by atoms with E-state index in [4.69, 9.17) is 5.11 Å². The number of aliphatic hydroxyl groups excluding tert-OH is 2. The normalized spacial score (nSPS) is 14.2. The molecule has 0 radical (unpaired) electrons. The maximum absolute atomic E-state index is 11.5. The zero-order chi connectivity index (χ0) is 12.0. The number of rotatable bonds is 5. The molecule has 2 unspecified atom stereocenters. The summed E-state index contributed by atoms with van der Waals surface area (Å²) in [5.74, 6) is -0.438. The first-order valence-electron chi connectivity index (χ1n) is 5.30. The number of hydrogen-bond acceptors (Lipinski definition) is 3. The number of carbonyl (C=O) groups is 1. The molecule has 0 aliphatic rings. The highest BCUT2D eigenvalue weighted by atomic mass is 16.3. The molecule has 0 bridgehead atoms. The van der Waals surface area contributed by atoms with Crippen molar-refractivity contribution in [1.82, 2.24) is 5.32 Å². The van der Waals surface area contributed by atoms with Crippen molar-refractivity contribution in [3.63, 3.8) is 0 Å². The highest BCUT2D eigenvalue weighted by molar-refractivity contribution is 5.81. The Morgan fingerprint density at radius 2 is 1.94 bits per heavy atom. The monoisotopic (exact) mass is 223 g/mol. The van der Waals surface area contributed by atoms with Gasteiger partial charge in [-0.25, -0.2) is 0 Å². The molecule has 1 rings (SSSR count). The lowest BCUT2D eigenvalue weighted by atomic mass is 10.1. The zero-order valence-corrected chi connectivity index (χ0v) is 9.26. The lowest BCUT2D eigenvalue weighted by Gasteiger charge is -2.12. The first-order valence-corrected chi connectivity index (χ1v) is 5.30. The van der Waals surface area contributed by atoms with E-state index in [1.807, 2.05) is 6.07 Å². The lowest BCUT2D eigenvalue weighted by Crippen LogP contribution is -2.31. The van der Waals surface area contributed by atoms with E-state index >= 15 is 0 Å². The van der Waals surface area contributed by atoms with Crippen LogP contribution in [0.25, 0.3) is 0 Å². The second-order valence-corrected chi connectivity index (χ2v) is 3.74. The number of nitrogens with one attached hydrogen (secondary N) is 1. The third-order valence-electron chi connectivity index (χ3n) is 2.23. The van der Waals surface area contributed by atoms with Crippen molar-refractivity contribution < 1.29 is 15.0 Å². The van der Waals surface area contributed by atoms with Crippen LogP contribution in [0.2, 0.25) is 0 Å². The smallest absolute Gasteiger partial charge is 0.253 e. The maximum atomic E-state index is 11.5. The fourth-order valence-electron chi connectivity index (χ4n) is 1.29. The van der Waals surface area contributed by atoms with Crippen LogP contribution >= 0.6 is 0 Å². The van der Waals surface area contributed by atoms with Gasteiger partial charge in [0.05, 0.1) is 6.10 Å². The van der Waals surface area contributed by atoms with Crippen LogP contribution in [0.3, 0.4) is 0 Å². The van der Waals surface area contributed by atoms with E-state index in [9.17, 15) is 9.90 Å². The first kappa shape index (κ1) is 12.7. The summed E-state index contributed by atoms with van der Waals surface area (Å²) in [6, 6.07) is 8.74. The Hall–Kier alpha value is -1.39. The van der Waals surface area contributed by atoms with Crippen LogP contribution in [0.15, 0.2) is 30.3 Å². The quantitative estimate of drug-likeness (QED) is 0.685. The van der Waals surface area contributed by atoms with E-state index in [0.29, 0.717) is 18.5 Å². The molecule has 1 amide bonds. The van der Waals surface area contributed by atoms with E-state index in [0.717, 1.165) is 0 Å². The molecule has 4 heteroatoms. The Labute approximate surface area is 94.9 Å². The van der Waals surface area contributed by atoms with Gasteiger partial charge in [0.2, 0.25) is 0 Å². The molecule has 3 N–H and O–H groups in total.